The molecule has 0 fully saturated rings. The van der Waals surface area contributed by atoms with E-state index in [9.17, 15) is 4.79 Å². The van der Waals surface area contributed by atoms with E-state index in [1.54, 1.807) is 0 Å². The number of halogens is 1. The average molecular weight is 285 g/mol. The van der Waals surface area contributed by atoms with Crippen LogP contribution in [0.25, 0.3) is 0 Å². The first-order chi connectivity index (χ1) is 8.55. The maximum atomic E-state index is 12.0. The minimum atomic E-state index is -0.0507. The summed E-state index contributed by atoms with van der Waals surface area (Å²) in [4.78, 5) is 12.0. The number of nitrogen functional groups attached to an aromatic ring is 1. The third kappa shape index (κ3) is 5.11. The molecule has 0 radical (unpaired) electrons. The van der Waals surface area contributed by atoms with Crippen molar-refractivity contribution in [3.8, 4) is 0 Å². The van der Waals surface area contributed by atoms with E-state index in [0.29, 0.717) is 6.42 Å². The average Bonchev–Trinajstić information content (AvgIpc) is 2.39. The van der Waals surface area contributed by atoms with Crippen LogP contribution in [0.3, 0.4) is 0 Å². The largest absolute Gasteiger partial charge is 0.399 e. The van der Waals surface area contributed by atoms with E-state index in [4.69, 9.17) is 5.73 Å². The maximum Gasteiger partial charge on any atom is 0.224 e. The zero-order valence-corrected chi connectivity index (χ0v) is 12.8. The first kappa shape index (κ1) is 17.8. The van der Waals surface area contributed by atoms with Gasteiger partial charge in [-0.25, -0.2) is 0 Å². The van der Waals surface area contributed by atoms with E-state index in [2.05, 4.69) is 26.1 Å². The summed E-state index contributed by atoms with van der Waals surface area (Å²) >= 11 is 0. The van der Waals surface area contributed by atoms with Gasteiger partial charge in [-0.15, -0.1) is 12.4 Å². The molecule has 1 rings (SSSR count). The number of benzene rings is 1. The number of hydrogen-bond donors (Lipinski definition) is 2. The molecule has 0 heterocycles. The number of rotatable bonds is 6. The summed E-state index contributed by atoms with van der Waals surface area (Å²) in [6.07, 6.45) is 3.32. The highest BCUT2D eigenvalue weighted by molar-refractivity contribution is 5.85. The fourth-order valence-electron chi connectivity index (χ4n) is 2.18. The quantitative estimate of drug-likeness (QED) is 0.788. The molecule has 0 unspecified atom stereocenters. The van der Waals surface area contributed by atoms with E-state index in [0.717, 1.165) is 30.5 Å². The van der Waals surface area contributed by atoms with Crippen molar-refractivity contribution in [3.63, 3.8) is 0 Å². The SMILES string of the molecule is CCC(CC)(CC)NC(=O)Cc1ccc(N)cc1.Cl. The molecule has 19 heavy (non-hydrogen) atoms. The molecule has 0 bridgehead atoms. The van der Waals surface area contributed by atoms with Crippen LogP contribution in [0, 0.1) is 0 Å². The summed E-state index contributed by atoms with van der Waals surface area (Å²) in [7, 11) is 0. The van der Waals surface area contributed by atoms with Crippen molar-refractivity contribution in [2.75, 3.05) is 5.73 Å². The van der Waals surface area contributed by atoms with Gasteiger partial charge in [0.1, 0.15) is 0 Å². The second-order valence-corrected chi connectivity index (χ2v) is 4.81. The van der Waals surface area contributed by atoms with E-state index < -0.39 is 0 Å². The Morgan fingerprint density at radius 3 is 2.00 bits per heavy atom. The third-order valence-electron chi connectivity index (χ3n) is 3.78. The summed E-state index contributed by atoms with van der Waals surface area (Å²) in [5.41, 5.74) is 7.30. The highest BCUT2D eigenvalue weighted by Gasteiger charge is 2.25. The molecule has 108 valence electrons. The highest BCUT2D eigenvalue weighted by Crippen LogP contribution is 2.19. The third-order valence-corrected chi connectivity index (χ3v) is 3.78. The molecule has 0 aliphatic heterocycles. The van der Waals surface area contributed by atoms with Crippen LogP contribution < -0.4 is 11.1 Å². The van der Waals surface area contributed by atoms with Gasteiger partial charge in [0.15, 0.2) is 0 Å². The molecule has 4 heteroatoms. The van der Waals surface area contributed by atoms with Crippen LogP contribution in [0.15, 0.2) is 24.3 Å². The highest BCUT2D eigenvalue weighted by atomic mass is 35.5. The molecule has 3 N–H and O–H groups in total. The van der Waals surface area contributed by atoms with Gasteiger partial charge in [0.05, 0.1) is 6.42 Å². The van der Waals surface area contributed by atoms with Crippen LogP contribution in [0.5, 0.6) is 0 Å². The van der Waals surface area contributed by atoms with Crippen LogP contribution in [0.2, 0.25) is 0 Å². The zero-order chi connectivity index (χ0) is 13.6. The van der Waals surface area contributed by atoms with E-state index in [-0.39, 0.29) is 23.9 Å². The lowest BCUT2D eigenvalue weighted by atomic mass is 9.89. The smallest absolute Gasteiger partial charge is 0.224 e. The Bertz CT molecular complexity index is 377. The lowest BCUT2D eigenvalue weighted by Crippen LogP contribution is -2.47. The monoisotopic (exact) mass is 284 g/mol. The number of hydrogen-bond acceptors (Lipinski definition) is 2. The Morgan fingerprint density at radius 2 is 1.58 bits per heavy atom. The molecule has 0 atom stereocenters. The maximum absolute atomic E-state index is 12.0. The molecule has 0 aliphatic carbocycles. The predicted molar refractivity (Wildman–Crippen MR) is 83.6 cm³/mol. The van der Waals surface area contributed by atoms with E-state index in [1.807, 2.05) is 24.3 Å². The molecule has 3 nitrogen and oxygen atoms in total. The van der Waals surface area contributed by atoms with Crippen LogP contribution in [-0.4, -0.2) is 11.4 Å². The van der Waals surface area contributed by atoms with Gasteiger partial charge in [0.2, 0.25) is 5.91 Å². The Morgan fingerprint density at radius 1 is 1.11 bits per heavy atom. The Balaban J connectivity index is 0.00000324. The van der Waals surface area contributed by atoms with Crippen LogP contribution in [0.1, 0.15) is 45.6 Å². The first-order valence-corrected chi connectivity index (χ1v) is 6.70. The fraction of sp³-hybridized carbons (Fsp3) is 0.533. The van der Waals surface area contributed by atoms with Crippen molar-refractivity contribution in [1.82, 2.24) is 5.32 Å². The second kappa shape index (κ2) is 8.05. The normalized spacial score (nSPS) is 10.7. The van der Waals surface area contributed by atoms with Crippen molar-refractivity contribution >= 4 is 24.0 Å². The van der Waals surface area contributed by atoms with Gasteiger partial charge < -0.3 is 11.1 Å². The Labute approximate surface area is 122 Å². The Kier molecular flexibility index (Phi) is 7.53. The number of carbonyl (C=O) groups excluding carboxylic acids is 1. The van der Waals surface area contributed by atoms with E-state index in [1.165, 1.54) is 0 Å². The first-order valence-electron chi connectivity index (χ1n) is 6.70. The molecular weight excluding hydrogens is 260 g/mol. The molecule has 0 saturated carbocycles. The minimum absolute atomic E-state index is 0. The molecule has 0 spiro atoms. The lowest BCUT2D eigenvalue weighted by molar-refractivity contribution is -0.122. The van der Waals surface area contributed by atoms with E-state index >= 15 is 0 Å². The van der Waals surface area contributed by atoms with Crippen molar-refractivity contribution in [2.24, 2.45) is 0 Å². The zero-order valence-electron chi connectivity index (χ0n) is 12.0. The van der Waals surface area contributed by atoms with Crippen LogP contribution >= 0.6 is 12.4 Å². The second-order valence-electron chi connectivity index (χ2n) is 4.81. The lowest BCUT2D eigenvalue weighted by Gasteiger charge is -2.31. The van der Waals surface area contributed by atoms with Crippen molar-refractivity contribution < 1.29 is 4.79 Å². The van der Waals surface area contributed by atoms with Gasteiger partial charge in [-0.1, -0.05) is 32.9 Å². The molecule has 0 saturated heterocycles. The minimum Gasteiger partial charge on any atom is -0.399 e. The van der Waals surface area contributed by atoms with Gasteiger partial charge in [0, 0.05) is 11.2 Å². The molecule has 0 aliphatic rings. The number of amides is 1. The van der Waals surface area contributed by atoms with Gasteiger partial charge in [0.25, 0.3) is 0 Å². The van der Waals surface area contributed by atoms with Gasteiger partial charge in [-0.2, -0.15) is 0 Å². The topological polar surface area (TPSA) is 55.1 Å². The standard InChI is InChI=1S/C15H24N2O.ClH/c1-4-15(5-2,6-3)17-14(18)11-12-7-9-13(16)10-8-12;/h7-10H,4-6,11,16H2,1-3H3,(H,17,18);1H. The van der Waals surface area contributed by atoms with Gasteiger partial charge in [-0.3, -0.25) is 4.79 Å². The summed E-state index contributed by atoms with van der Waals surface area (Å²) in [5, 5.41) is 3.17. The summed E-state index contributed by atoms with van der Waals surface area (Å²) in [5.74, 6) is 0.0883. The molecular formula is C15H25ClN2O. The molecule has 1 amide bonds. The van der Waals surface area contributed by atoms with Crippen molar-refractivity contribution in [1.29, 1.82) is 0 Å². The molecule has 0 aromatic heterocycles. The summed E-state index contributed by atoms with van der Waals surface area (Å²) in [6.45, 7) is 6.36. The number of nitrogens with one attached hydrogen (secondary N) is 1. The predicted octanol–water partition coefficient (Wildman–Crippen LogP) is 3.32. The van der Waals surface area contributed by atoms with Crippen LogP contribution in [-0.2, 0) is 11.2 Å². The summed E-state index contributed by atoms with van der Waals surface area (Å²) < 4.78 is 0. The van der Waals surface area contributed by atoms with Gasteiger partial charge >= 0.3 is 0 Å². The molecule has 1 aromatic rings. The number of carbonyl (C=O) groups is 1. The Hall–Kier alpha value is -1.22. The fourth-order valence-corrected chi connectivity index (χ4v) is 2.18. The van der Waals surface area contributed by atoms with Crippen molar-refractivity contribution in [2.45, 2.75) is 52.0 Å². The van der Waals surface area contributed by atoms with Crippen molar-refractivity contribution in [3.05, 3.63) is 29.8 Å². The number of anilines is 1. The van der Waals surface area contributed by atoms with Gasteiger partial charge in [-0.05, 0) is 37.0 Å². The number of nitrogens with two attached hydrogens (primary N) is 1. The molecule has 1 aromatic carbocycles. The summed E-state index contributed by atoms with van der Waals surface area (Å²) in [6, 6.07) is 7.46. The van der Waals surface area contributed by atoms with Crippen LogP contribution in [0.4, 0.5) is 5.69 Å².